The molecule has 1 aliphatic carbocycles. The molecule has 1 saturated carbocycles. The highest BCUT2D eigenvalue weighted by Gasteiger charge is 2.34. The van der Waals surface area contributed by atoms with E-state index in [9.17, 15) is 24.6 Å². The predicted molar refractivity (Wildman–Crippen MR) is 165 cm³/mol. The molecule has 42 heavy (non-hydrogen) atoms. The van der Waals surface area contributed by atoms with Gasteiger partial charge in [0.2, 0.25) is 17.7 Å². The normalized spacial score (nSPS) is 17.4. The number of nitrogens with two attached hydrogens (primary N) is 1. The minimum absolute atomic E-state index is 0.0496. The number of hydrogen-bond acceptors (Lipinski definition) is 6. The van der Waals surface area contributed by atoms with Crippen molar-refractivity contribution in [3.05, 3.63) is 35.9 Å². The molecule has 2 rings (SSSR count). The van der Waals surface area contributed by atoms with Crippen LogP contribution in [-0.2, 0) is 20.8 Å². The van der Waals surface area contributed by atoms with Gasteiger partial charge in [0.1, 0.15) is 12.1 Å². The first-order chi connectivity index (χ1) is 20.0. The van der Waals surface area contributed by atoms with E-state index in [1.54, 1.807) is 7.05 Å². The lowest BCUT2D eigenvalue weighted by Gasteiger charge is -2.33. The van der Waals surface area contributed by atoms with Crippen LogP contribution in [0.3, 0.4) is 0 Å². The summed E-state index contributed by atoms with van der Waals surface area (Å²) in [5, 5.41) is 27.5. The van der Waals surface area contributed by atoms with Crippen molar-refractivity contribution in [2.24, 2.45) is 23.5 Å². The Morgan fingerprint density at radius 2 is 1.74 bits per heavy atom. The fourth-order valence-electron chi connectivity index (χ4n) is 5.70. The monoisotopic (exact) mass is 584 g/mol. The third-order valence-electron chi connectivity index (χ3n) is 8.12. The van der Waals surface area contributed by atoms with Crippen molar-refractivity contribution in [2.45, 2.75) is 102 Å². The molecule has 9 heteroatoms. The second-order valence-corrected chi connectivity index (χ2v) is 12.2. The highest BCUT2D eigenvalue weighted by Crippen LogP contribution is 2.29. The molecule has 1 aromatic carbocycles. The number of carbonyl (C=O) groups excluding carboxylic acids is 3. The molecule has 3 amide bonds. The van der Waals surface area contributed by atoms with Gasteiger partial charge in [-0.15, -0.1) is 12.3 Å². The zero-order valence-corrected chi connectivity index (χ0v) is 25.6. The number of terminal acetylenes is 1. The highest BCUT2D eigenvalue weighted by molar-refractivity contribution is 5.91. The molecule has 1 aliphatic rings. The van der Waals surface area contributed by atoms with Crippen molar-refractivity contribution in [1.29, 1.82) is 0 Å². The molecule has 1 fully saturated rings. The van der Waals surface area contributed by atoms with Gasteiger partial charge in [-0.25, -0.2) is 0 Å². The fourth-order valence-corrected chi connectivity index (χ4v) is 5.70. The summed E-state index contributed by atoms with van der Waals surface area (Å²) < 4.78 is 0. The van der Waals surface area contributed by atoms with Crippen LogP contribution in [0, 0.1) is 30.1 Å². The number of amides is 3. The molecule has 0 aromatic heterocycles. The van der Waals surface area contributed by atoms with Crippen molar-refractivity contribution in [3.8, 4) is 12.3 Å². The Balaban J connectivity index is 2.21. The van der Waals surface area contributed by atoms with E-state index in [4.69, 9.17) is 12.2 Å². The third-order valence-corrected chi connectivity index (χ3v) is 8.12. The molecule has 5 atom stereocenters. The SMILES string of the molecule is C#CC[C@H](NC(=O)[C@@H](CC(=O)N(C)CCN)Cc1ccccc1)C(=O)NC(CC1CCCCC1)C(O)[C@@H](O)CC(C)C. The molecule has 1 aromatic rings. The van der Waals surface area contributed by atoms with Crippen LogP contribution >= 0.6 is 0 Å². The Morgan fingerprint density at radius 3 is 2.33 bits per heavy atom. The van der Waals surface area contributed by atoms with E-state index < -0.39 is 42.0 Å². The summed E-state index contributed by atoms with van der Waals surface area (Å²) >= 11 is 0. The molecule has 0 spiro atoms. The summed E-state index contributed by atoms with van der Waals surface area (Å²) in [6, 6.07) is 7.65. The highest BCUT2D eigenvalue weighted by atomic mass is 16.3. The average Bonchev–Trinajstić information content (AvgIpc) is 2.96. The summed E-state index contributed by atoms with van der Waals surface area (Å²) in [6.45, 7) is 4.61. The van der Waals surface area contributed by atoms with Gasteiger partial charge >= 0.3 is 0 Å². The number of rotatable bonds is 17. The van der Waals surface area contributed by atoms with E-state index >= 15 is 0 Å². The number of nitrogens with one attached hydrogen (secondary N) is 2. The van der Waals surface area contributed by atoms with E-state index in [0.29, 0.717) is 38.3 Å². The van der Waals surface area contributed by atoms with E-state index in [2.05, 4.69) is 16.6 Å². The summed E-state index contributed by atoms with van der Waals surface area (Å²) in [5.74, 6) is 1.06. The Labute approximate surface area is 252 Å². The Hall–Kier alpha value is -2.93. The minimum atomic E-state index is -1.15. The van der Waals surface area contributed by atoms with E-state index in [0.717, 1.165) is 31.2 Å². The zero-order valence-electron chi connectivity index (χ0n) is 25.6. The largest absolute Gasteiger partial charge is 0.390 e. The standard InChI is InChI=1S/C33H52N4O5/c1-5-12-27(33(42)36-28(21-25-15-10-7-11-16-25)31(40)29(38)19-23(2)3)35-32(41)26(20-24-13-8-6-9-14-24)22-30(39)37(4)18-17-34/h1,6,8-9,13-14,23,25-29,31,38,40H,7,10-12,15-22,34H2,2-4H3,(H,35,41)(H,36,42)/t26-,27+,28?,29+,31?/m1/s1. The Morgan fingerprint density at radius 1 is 1.07 bits per heavy atom. The predicted octanol–water partition coefficient (Wildman–Crippen LogP) is 2.38. The lowest BCUT2D eigenvalue weighted by Crippen LogP contribution is -2.56. The number of likely N-dealkylation sites (N-methyl/N-ethyl adjacent to an activating group) is 1. The van der Waals surface area contributed by atoms with Crippen molar-refractivity contribution in [3.63, 3.8) is 0 Å². The van der Waals surface area contributed by atoms with Crippen LogP contribution in [0.2, 0.25) is 0 Å². The number of benzene rings is 1. The zero-order chi connectivity index (χ0) is 31.1. The van der Waals surface area contributed by atoms with E-state index in [-0.39, 0.29) is 24.7 Å². The smallest absolute Gasteiger partial charge is 0.243 e. The third kappa shape index (κ3) is 12.1. The molecular formula is C33H52N4O5. The van der Waals surface area contributed by atoms with Gasteiger partial charge < -0.3 is 31.5 Å². The molecule has 0 bridgehead atoms. The van der Waals surface area contributed by atoms with Gasteiger partial charge in [-0.05, 0) is 36.7 Å². The maximum Gasteiger partial charge on any atom is 0.243 e. The molecule has 9 nitrogen and oxygen atoms in total. The van der Waals surface area contributed by atoms with Crippen LogP contribution in [0.4, 0.5) is 0 Å². The lowest BCUT2D eigenvalue weighted by atomic mass is 9.82. The van der Waals surface area contributed by atoms with Gasteiger partial charge in [-0.2, -0.15) is 0 Å². The second kappa shape index (κ2) is 18.6. The van der Waals surface area contributed by atoms with Gasteiger partial charge in [0.15, 0.2) is 0 Å². The van der Waals surface area contributed by atoms with Crippen molar-refractivity contribution in [2.75, 3.05) is 20.1 Å². The second-order valence-electron chi connectivity index (χ2n) is 12.2. The van der Waals surface area contributed by atoms with Gasteiger partial charge in [0.05, 0.1) is 18.1 Å². The molecule has 6 N–H and O–H groups in total. The summed E-state index contributed by atoms with van der Waals surface area (Å²) in [4.78, 5) is 41.5. The van der Waals surface area contributed by atoms with Gasteiger partial charge in [0, 0.05) is 33.0 Å². The Bertz CT molecular complexity index is 1010. The van der Waals surface area contributed by atoms with Crippen molar-refractivity contribution in [1.82, 2.24) is 15.5 Å². The van der Waals surface area contributed by atoms with Gasteiger partial charge in [-0.3, -0.25) is 14.4 Å². The number of hydrogen-bond donors (Lipinski definition) is 5. The minimum Gasteiger partial charge on any atom is -0.390 e. The molecule has 0 saturated heterocycles. The average molecular weight is 585 g/mol. The number of aliphatic hydroxyl groups excluding tert-OH is 2. The quantitative estimate of drug-likeness (QED) is 0.178. The molecule has 2 unspecified atom stereocenters. The summed E-state index contributed by atoms with van der Waals surface area (Å²) in [6.07, 6.45) is 10.0. The van der Waals surface area contributed by atoms with Crippen molar-refractivity contribution < 1.29 is 24.6 Å². The first-order valence-electron chi connectivity index (χ1n) is 15.4. The van der Waals surface area contributed by atoms with E-state index in [1.165, 1.54) is 11.3 Å². The molecule has 0 radical (unpaired) electrons. The molecule has 0 heterocycles. The van der Waals surface area contributed by atoms with Crippen molar-refractivity contribution >= 4 is 17.7 Å². The maximum absolute atomic E-state index is 13.6. The van der Waals surface area contributed by atoms with Crippen LogP contribution < -0.4 is 16.4 Å². The van der Waals surface area contributed by atoms with Gasteiger partial charge in [0.25, 0.3) is 0 Å². The topological polar surface area (TPSA) is 145 Å². The number of nitrogens with zero attached hydrogens (tertiary/aromatic N) is 1. The molecular weight excluding hydrogens is 532 g/mol. The van der Waals surface area contributed by atoms with Crippen LogP contribution in [0.5, 0.6) is 0 Å². The van der Waals surface area contributed by atoms with E-state index in [1.807, 2.05) is 44.2 Å². The first-order valence-corrected chi connectivity index (χ1v) is 15.4. The Kier molecular flexibility index (Phi) is 15.6. The summed E-state index contributed by atoms with van der Waals surface area (Å²) in [5.41, 5.74) is 6.49. The van der Waals surface area contributed by atoms with Crippen LogP contribution in [0.25, 0.3) is 0 Å². The number of aliphatic hydroxyl groups is 2. The first kappa shape index (κ1) is 35.3. The summed E-state index contributed by atoms with van der Waals surface area (Å²) in [7, 11) is 1.65. The van der Waals surface area contributed by atoms with Crippen LogP contribution in [0.15, 0.2) is 30.3 Å². The fraction of sp³-hybridized carbons (Fsp3) is 0.667. The maximum atomic E-state index is 13.6. The van der Waals surface area contributed by atoms with Crippen LogP contribution in [-0.4, -0.2) is 77.3 Å². The lowest BCUT2D eigenvalue weighted by molar-refractivity contribution is -0.136. The molecule has 0 aliphatic heterocycles. The van der Waals surface area contributed by atoms with Crippen LogP contribution in [0.1, 0.15) is 77.2 Å². The number of carbonyl (C=O) groups is 3. The van der Waals surface area contributed by atoms with Gasteiger partial charge in [-0.1, -0.05) is 76.3 Å². The molecule has 234 valence electrons.